The minimum Gasteiger partial charge on any atom is -0.393 e. The Bertz CT molecular complexity index is 548. The van der Waals surface area contributed by atoms with Crippen molar-refractivity contribution in [2.24, 2.45) is 46.8 Å². The van der Waals surface area contributed by atoms with Gasteiger partial charge in [0.05, 0.1) is 6.10 Å². The van der Waals surface area contributed by atoms with E-state index in [0.717, 1.165) is 54.3 Å². The van der Waals surface area contributed by atoms with Crippen molar-refractivity contribution in [3.8, 4) is 0 Å². The zero-order chi connectivity index (χ0) is 19.2. The molecule has 3 fully saturated rings. The van der Waals surface area contributed by atoms with Gasteiger partial charge in [-0.3, -0.25) is 0 Å². The van der Waals surface area contributed by atoms with E-state index in [1.54, 1.807) is 5.57 Å². The van der Waals surface area contributed by atoms with E-state index >= 15 is 0 Å². The average Bonchev–Trinajstić information content (AvgIpc) is 3.06. The normalized spacial score (nSPS) is 45.0. The highest BCUT2D eigenvalue weighted by molar-refractivity contribution is 5.24. The Kier molecular flexibility index (Phi) is 5.81. The standard InChI is InChI=1S/C26H44O/c1-17(2)6-5-7-18(3)21-10-11-23-22(21)12-13-25-24(23)9-8-19-16-20(27)14-15-26(19,25)4/h8,17-18,20-25,27H,5-7,9-16H2,1-4H3/t18-,20+,21?,22-,23-,24+,25+,26+/m1/s1. The third-order valence-electron chi connectivity index (χ3n) is 9.62. The molecular weight excluding hydrogens is 328 g/mol. The van der Waals surface area contributed by atoms with E-state index in [1.807, 2.05) is 0 Å². The van der Waals surface area contributed by atoms with Crippen molar-refractivity contribution in [3.63, 3.8) is 0 Å². The quantitative estimate of drug-likeness (QED) is 0.515. The number of aliphatic hydroxyl groups is 1. The first-order valence-electron chi connectivity index (χ1n) is 12.3. The smallest absolute Gasteiger partial charge is 0.0577 e. The summed E-state index contributed by atoms with van der Waals surface area (Å²) >= 11 is 0. The van der Waals surface area contributed by atoms with Crippen LogP contribution >= 0.6 is 0 Å². The molecule has 1 unspecified atom stereocenters. The summed E-state index contributed by atoms with van der Waals surface area (Å²) in [5.74, 6) is 6.68. The van der Waals surface area contributed by atoms with Crippen LogP contribution < -0.4 is 0 Å². The van der Waals surface area contributed by atoms with Gasteiger partial charge in [-0.15, -0.1) is 0 Å². The van der Waals surface area contributed by atoms with Crippen LogP contribution in [-0.4, -0.2) is 11.2 Å². The predicted molar refractivity (Wildman–Crippen MR) is 114 cm³/mol. The van der Waals surface area contributed by atoms with Crippen molar-refractivity contribution in [1.82, 2.24) is 0 Å². The summed E-state index contributed by atoms with van der Waals surface area (Å²) < 4.78 is 0. The van der Waals surface area contributed by atoms with Crippen LogP contribution in [0.5, 0.6) is 0 Å². The molecule has 4 aliphatic carbocycles. The van der Waals surface area contributed by atoms with Crippen LogP contribution in [0.3, 0.4) is 0 Å². The van der Waals surface area contributed by atoms with Crippen LogP contribution in [0.1, 0.15) is 98.3 Å². The minimum atomic E-state index is -0.0697. The fourth-order valence-electron chi connectivity index (χ4n) is 8.11. The zero-order valence-corrected chi connectivity index (χ0v) is 18.4. The molecule has 0 bridgehead atoms. The van der Waals surface area contributed by atoms with Gasteiger partial charge in [0.25, 0.3) is 0 Å². The Hall–Kier alpha value is -0.300. The molecule has 27 heavy (non-hydrogen) atoms. The summed E-state index contributed by atoms with van der Waals surface area (Å²) in [5, 5.41) is 10.2. The highest BCUT2D eigenvalue weighted by Gasteiger charge is 2.54. The van der Waals surface area contributed by atoms with E-state index in [-0.39, 0.29) is 6.10 Å². The van der Waals surface area contributed by atoms with Crippen molar-refractivity contribution >= 4 is 0 Å². The summed E-state index contributed by atoms with van der Waals surface area (Å²) in [7, 11) is 0. The molecule has 0 saturated heterocycles. The summed E-state index contributed by atoms with van der Waals surface area (Å²) in [6, 6.07) is 0. The maximum absolute atomic E-state index is 10.2. The highest BCUT2D eigenvalue weighted by Crippen LogP contribution is 2.62. The van der Waals surface area contributed by atoms with Gasteiger partial charge in [-0.2, -0.15) is 0 Å². The second-order valence-corrected chi connectivity index (χ2v) is 11.5. The molecule has 0 aliphatic heterocycles. The molecular formula is C26H44O. The lowest BCUT2D eigenvalue weighted by Crippen LogP contribution is -2.47. The first kappa shape index (κ1) is 20.0. The van der Waals surface area contributed by atoms with Gasteiger partial charge in [-0.25, -0.2) is 0 Å². The Balaban J connectivity index is 1.43. The topological polar surface area (TPSA) is 20.2 Å². The molecule has 1 N–H and O–H groups in total. The fourth-order valence-corrected chi connectivity index (χ4v) is 8.11. The molecule has 0 amide bonds. The Morgan fingerprint density at radius 1 is 1.00 bits per heavy atom. The van der Waals surface area contributed by atoms with Crippen LogP contribution in [0.25, 0.3) is 0 Å². The van der Waals surface area contributed by atoms with E-state index in [2.05, 4.69) is 33.8 Å². The molecule has 4 aliphatic rings. The van der Waals surface area contributed by atoms with Crippen molar-refractivity contribution < 1.29 is 5.11 Å². The third-order valence-corrected chi connectivity index (χ3v) is 9.62. The van der Waals surface area contributed by atoms with Gasteiger partial charge in [0, 0.05) is 0 Å². The molecule has 4 rings (SSSR count). The van der Waals surface area contributed by atoms with Gasteiger partial charge in [0.1, 0.15) is 0 Å². The summed E-state index contributed by atoms with van der Waals surface area (Å²) in [5.41, 5.74) is 2.03. The van der Waals surface area contributed by atoms with Gasteiger partial charge in [-0.1, -0.05) is 58.6 Å². The molecule has 3 saturated carbocycles. The minimum absolute atomic E-state index is 0.0697. The molecule has 0 aromatic carbocycles. The van der Waals surface area contributed by atoms with Crippen molar-refractivity contribution in [3.05, 3.63) is 11.6 Å². The van der Waals surface area contributed by atoms with Crippen LogP contribution in [-0.2, 0) is 0 Å². The van der Waals surface area contributed by atoms with E-state index in [9.17, 15) is 5.11 Å². The number of aliphatic hydroxyl groups excluding tert-OH is 1. The first-order chi connectivity index (χ1) is 12.9. The van der Waals surface area contributed by atoms with Gasteiger partial charge in [0.15, 0.2) is 0 Å². The first-order valence-corrected chi connectivity index (χ1v) is 12.3. The number of hydrogen-bond acceptors (Lipinski definition) is 1. The SMILES string of the molecule is CC(C)CCC[C@@H](C)C1CC[C@H]2[C@@H]3CC=C4C[C@@H](O)CC[C@]4(C)[C@H]3CC[C@H]12. The maximum atomic E-state index is 10.2. The Labute approximate surface area is 168 Å². The van der Waals surface area contributed by atoms with Crippen molar-refractivity contribution in [2.75, 3.05) is 0 Å². The second kappa shape index (κ2) is 7.85. The van der Waals surface area contributed by atoms with E-state index in [1.165, 1.54) is 57.8 Å². The lowest BCUT2D eigenvalue weighted by Gasteiger charge is -2.55. The summed E-state index contributed by atoms with van der Waals surface area (Å²) in [4.78, 5) is 0. The highest BCUT2D eigenvalue weighted by atomic mass is 16.3. The van der Waals surface area contributed by atoms with Crippen LogP contribution in [0.2, 0.25) is 0 Å². The third kappa shape index (κ3) is 3.67. The fraction of sp³-hybridized carbons (Fsp3) is 0.923. The van der Waals surface area contributed by atoms with Gasteiger partial charge >= 0.3 is 0 Å². The largest absolute Gasteiger partial charge is 0.393 e. The molecule has 154 valence electrons. The lowest BCUT2D eigenvalue weighted by atomic mass is 9.50. The van der Waals surface area contributed by atoms with E-state index in [4.69, 9.17) is 0 Å². The molecule has 1 nitrogen and oxygen atoms in total. The predicted octanol–water partition coefficient (Wildman–Crippen LogP) is 7.00. The number of fused-ring (bicyclic) bond motifs is 5. The molecule has 0 aromatic rings. The molecule has 0 spiro atoms. The lowest BCUT2D eigenvalue weighted by molar-refractivity contribution is -0.0152. The van der Waals surface area contributed by atoms with Crippen LogP contribution in [0, 0.1) is 46.8 Å². The summed E-state index contributed by atoms with van der Waals surface area (Å²) in [6.45, 7) is 9.87. The monoisotopic (exact) mass is 372 g/mol. The Morgan fingerprint density at radius 2 is 1.78 bits per heavy atom. The van der Waals surface area contributed by atoms with Gasteiger partial charge in [0.2, 0.25) is 0 Å². The zero-order valence-electron chi connectivity index (χ0n) is 18.4. The van der Waals surface area contributed by atoms with E-state index < -0.39 is 0 Å². The molecule has 0 aromatic heterocycles. The maximum Gasteiger partial charge on any atom is 0.0577 e. The number of allylic oxidation sites excluding steroid dienone is 1. The Morgan fingerprint density at radius 3 is 2.56 bits per heavy atom. The average molecular weight is 373 g/mol. The molecule has 1 heteroatoms. The van der Waals surface area contributed by atoms with Gasteiger partial charge < -0.3 is 5.11 Å². The van der Waals surface area contributed by atoms with E-state index in [0.29, 0.717) is 5.41 Å². The second-order valence-electron chi connectivity index (χ2n) is 11.5. The molecule has 0 heterocycles. The summed E-state index contributed by atoms with van der Waals surface area (Å²) in [6.07, 6.45) is 17.3. The van der Waals surface area contributed by atoms with Crippen molar-refractivity contribution in [2.45, 2.75) is 104 Å². The van der Waals surface area contributed by atoms with Crippen LogP contribution in [0.15, 0.2) is 11.6 Å². The van der Waals surface area contributed by atoms with Crippen LogP contribution in [0.4, 0.5) is 0 Å². The number of rotatable bonds is 5. The van der Waals surface area contributed by atoms with Crippen molar-refractivity contribution in [1.29, 1.82) is 0 Å². The molecule has 8 atom stereocenters. The molecule has 0 radical (unpaired) electrons. The number of hydrogen-bond donors (Lipinski definition) is 1. The van der Waals surface area contributed by atoms with Gasteiger partial charge in [-0.05, 0) is 98.2 Å².